The molecule has 0 fully saturated rings. The first-order valence-electron chi connectivity index (χ1n) is 7.14. The molecule has 1 aromatic heterocycles. The lowest BCUT2D eigenvalue weighted by molar-refractivity contribution is 0.464. The highest BCUT2D eigenvalue weighted by atomic mass is 32.2. The Morgan fingerprint density at radius 2 is 2.28 bits per heavy atom. The number of fused-ring (bicyclic) bond motifs is 1. The van der Waals surface area contributed by atoms with E-state index in [4.69, 9.17) is 4.98 Å². The number of aromatic nitrogens is 1. The predicted octanol–water partition coefficient (Wildman–Crippen LogP) is 4.16. The van der Waals surface area contributed by atoms with Crippen molar-refractivity contribution in [3.63, 3.8) is 0 Å². The zero-order chi connectivity index (χ0) is 12.8. The highest BCUT2D eigenvalue weighted by Crippen LogP contribution is 2.35. The van der Waals surface area contributed by atoms with E-state index in [1.165, 1.54) is 53.4 Å². The molecule has 1 heterocycles. The van der Waals surface area contributed by atoms with Crippen LogP contribution >= 0.6 is 23.1 Å². The molecule has 18 heavy (non-hydrogen) atoms. The molecule has 0 radical (unpaired) electrons. The van der Waals surface area contributed by atoms with Gasteiger partial charge in [0.1, 0.15) is 5.01 Å². The summed E-state index contributed by atoms with van der Waals surface area (Å²) >= 11 is 3.97. The topological polar surface area (TPSA) is 24.9 Å². The van der Waals surface area contributed by atoms with Gasteiger partial charge >= 0.3 is 0 Å². The average Bonchev–Trinajstić information content (AvgIpc) is 2.80. The molecule has 1 aliphatic carbocycles. The van der Waals surface area contributed by atoms with E-state index in [0.717, 1.165) is 12.3 Å². The summed E-state index contributed by atoms with van der Waals surface area (Å²) in [4.78, 5) is 6.37. The lowest BCUT2D eigenvalue weighted by Crippen LogP contribution is -2.24. The molecule has 0 spiro atoms. The second-order valence-electron chi connectivity index (χ2n) is 4.87. The molecule has 4 heteroatoms. The first kappa shape index (κ1) is 14.4. The Balaban J connectivity index is 1.98. The van der Waals surface area contributed by atoms with Crippen LogP contribution in [0.25, 0.3) is 0 Å². The SMILES string of the molecule is CCCNC1CCCc2nc(CSCCC)sc21. The van der Waals surface area contributed by atoms with Gasteiger partial charge in [-0.15, -0.1) is 11.3 Å². The number of thiazole rings is 1. The van der Waals surface area contributed by atoms with Gasteiger partial charge in [0, 0.05) is 16.7 Å². The Morgan fingerprint density at radius 3 is 3.06 bits per heavy atom. The second-order valence-corrected chi connectivity index (χ2v) is 7.09. The Kier molecular flexibility index (Phi) is 5.99. The first-order valence-corrected chi connectivity index (χ1v) is 9.11. The molecular formula is C14H24N2S2. The van der Waals surface area contributed by atoms with Crippen molar-refractivity contribution in [3.05, 3.63) is 15.6 Å². The van der Waals surface area contributed by atoms with Gasteiger partial charge in [-0.2, -0.15) is 11.8 Å². The fraction of sp³-hybridized carbons (Fsp3) is 0.786. The standard InChI is InChI=1S/C14H24N2S2/c1-3-8-15-11-6-5-7-12-14(11)18-13(16-12)10-17-9-4-2/h11,15H,3-10H2,1-2H3. The number of aryl methyl sites for hydroxylation is 1. The van der Waals surface area contributed by atoms with E-state index in [1.807, 2.05) is 23.1 Å². The number of hydrogen-bond donors (Lipinski definition) is 1. The van der Waals surface area contributed by atoms with Crippen LogP contribution in [-0.4, -0.2) is 17.3 Å². The third-order valence-electron chi connectivity index (χ3n) is 3.21. The van der Waals surface area contributed by atoms with Crippen LogP contribution in [0.5, 0.6) is 0 Å². The maximum atomic E-state index is 4.84. The van der Waals surface area contributed by atoms with Gasteiger partial charge in [-0.25, -0.2) is 4.98 Å². The van der Waals surface area contributed by atoms with Gasteiger partial charge in [0.2, 0.25) is 0 Å². The van der Waals surface area contributed by atoms with Gasteiger partial charge in [-0.3, -0.25) is 0 Å². The maximum Gasteiger partial charge on any atom is 0.103 e. The number of rotatable bonds is 7. The van der Waals surface area contributed by atoms with Crippen LogP contribution in [0.1, 0.15) is 61.2 Å². The lowest BCUT2D eigenvalue weighted by Gasteiger charge is -2.22. The molecule has 1 aromatic rings. The van der Waals surface area contributed by atoms with E-state index < -0.39 is 0 Å². The molecule has 0 saturated carbocycles. The molecule has 2 rings (SSSR count). The number of hydrogen-bond acceptors (Lipinski definition) is 4. The van der Waals surface area contributed by atoms with Crippen LogP contribution < -0.4 is 5.32 Å². The molecule has 0 saturated heterocycles. The normalized spacial score (nSPS) is 18.9. The number of nitrogens with one attached hydrogen (secondary N) is 1. The van der Waals surface area contributed by atoms with Gasteiger partial charge in [0.15, 0.2) is 0 Å². The summed E-state index contributed by atoms with van der Waals surface area (Å²) < 4.78 is 0. The fourth-order valence-corrected chi connectivity index (χ4v) is 4.53. The zero-order valence-corrected chi connectivity index (χ0v) is 13.1. The largest absolute Gasteiger partial charge is 0.309 e. The van der Waals surface area contributed by atoms with Crippen molar-refractivity contribution in [1.82, 2.24) is 10.3 Å². The summed E-state index contributed by atoms with van der Waals surface area (Å²) in [5.74, 6) is 2.35. The number of thioether (sulfide) groups is 1. The minimum absolute atomic E-state index is 0.580. The van der Waals surface area contributed by atoms with Gasteiger partial charge in [-0.05, 0) is 44.4 Å². The van der Waals surface area contributed by atoms with Crippen molar-refractivity contribution in [1.29, 1.82) is 0 Å². The van der Waals surface area contributed by atoms with Crippen molar-refractivity contribution in [2.75, 3.05) is 12.3 Å². The molecule has 1 unspecified atom stereocenters. The molecule has 0 bridgehead atoms. The summed E-state index contributed by atoms with van der Waals surface area (Å²) in [5.41, 5.74) is 1.38. The molecule has 0 aromatic carbocycles. The summed E-state index contributed by atoms with van der Waals surface area (Å²) in [7, 11) is 0. The van der Waals surface area contributed by atoms with Gasteiger partial charge < -0.3 is 5.32 Å². The summed E-state index contributed by atoms with van der Waals surface area (Å²) in [5, 5.41) is 5.01. The summed E-state index contributed by atoms with van der Waals surface area (Å²) in [6, 6.07) is 0.580. The Morgan fingerprint density at radius 1 is 1.39 bits per heavy atom. The quantitative estimate of drug-likeness (QED) is 0.761. The third kappa shape index (κ3) is 3.72. The molecule has 0 aliphatic heterocycles. The van der Waals surface area contributed by atoms with Gasteiger partial charge in [-0.1, -0.05) is 13.8 Å². The molecule has 1 atom stereocenters. The molecule has 1 N–H and O–H groups in total. The lowest BCUT2D eigenvalue weighted by atomic mass is 9.98. The molecule has 1 aliphatic rings. The molecule has 2 nitrogen and oxygen atoms in total. The fourth-order valence-electron chi connectivity index (χ4n) is 2.35. The smallest absolute Gasteiger partial charge is 0.103 e. The monoisotopic (exact) mass is 284 g/mol. The van der Waals surface area contributed by atoms with E-state index in [1.54, 1.807) is 0 Å². The highest BCUT2D eigenvalue weighted by molar-refractivity contribution is 7.98. The highest BCUT2D eigenvalue weighted by Gasteiger charge is 2.23. The molecular weight excluding hydrogens is 260 g/mol. The maximum absolute atomic E-state index is 4.84. The number of nitrogens with zero attached hydrogens (tertiary/aromatic N) is 1. The van der Waals surface area contributed by atoms with Crippen molar-refractivity contribution >= 4 is 23.1 Å². The predicted molar refractivity (Wildman–Crippen MR) is 82.5 cm³/mol. The van der Waals surface area contributed by atoms with E-state index >= 15 is 0 Å². The van der Waals surface area contributed by atoms with Crippen molar-refractivity contribution < 1.29 is 0 Å². The Bertz CT molecular complexity index is 363. The second kappa shape index (κ2) is 7.51. The minimum atomic E-state index is 0.580. The van der Waals surface area contributed by atoms with Crippen molar-refractivity contribution in [2.24, 2.45) is 0 Å². The Hall–Kier alpha value is -0.0600. The van der Waals surface area contributed by atoms with E-state index in [0.29, 0.717) is 6.04 Å². The van der Waals surface area contributed by atoms with Crippen LogP contribution in [0.3, 0.4) is 0 Å². The summed E-state index contributed by atoms with van der Waals surface area (Å²) in [6.45, 7) is 5.60. The molecule has 0 amide bonds. The summed E-state index contributed by atoms with van der Waals surface area (Å²) in [6.07, 6.45) is 6.24. The molecule has 102 valence electrons. The van der Waals surface area contributed by atoms with E-state index in [9.17, 15) is 0 Å². The van der Waals surface area contributed by atoms with Gasteiger partial charge in [0.05, 0.1) is 5.69 Å². The van der Waals surface area contributed by atoms with Crippen LogP contribution in [0.15, 0.2) is 0 Å². The van der Waals surface area contributed by atoms with Gasteiger partial charge in [0.25, 0.3) is 0 Å². The van der Waals surface area contributed by atoms with Crippen LogP contribution in [0, 0.1) is 0 Å². The third-order valence-corrected chi connectivity index (χ3v) is 5.78. The Labute approximate surface area is 119 Å². The van der Waals surface area contributed by atoms with E-state index in [-0.39, 0.29) is 0 Å². The van der Waals surface area contributed by atoms with Crippen LogP contribution in [0.2, 0.25) is 0 Å². The van der Waals surface area contributed by atoms with Crippen LogP contribution in [-0.2, 0) is 12.2 Å². The van der Waals surface area contributed by atoms with E-state index in [2.05, 4.69) is 19.2 Å². The van der Waals surface area contributed by atoms with Crippen LogP contribution in [0.4, 0.5) is 0 Å². The zero-order valence-electron chi connectivity index (χ0n) is 11.5. The minimum Gasteiger partial charge on any atom is -0.309 e. The van der Waals surface area contributed by atoms with Crippen molar-refractivity contribution in [3.8, 4) is 0 Å². The first-order chi connectivity index (χ1) is 8.85. The average molecular weight is 284 g/mol. The van der Waals surface area contributed by atoms with Crippen molar-refractivity contribution in [2.45, 2.75) is 57.7 Å².